The molecule has 7 N–H and O–H groups in total. The second kappa shape index (κ2) is 22.3. The average molecular weight is 532 g/mol. The molecule has 33 heavy (non-hydrogen) atoms. The summed E-state index contributed by atoms with van der Waals surface area (Å²) in [7, 11) is 0. The topological polar surface area (TPSA) is 330 Å². The Morgan fingerprint density at radius 2 is 0.879 bits per heavy atom. The summed E-state index contributed by atoms with van der Waals surface area (Å²) in [5, 5.41) is 72.7. The van der Waals surface area contributed by atoms with Crippen LogP contribution in [0.25, 0.3) is 0 Å². The number of hydrogen-bond acceptors (Lipinski definition) is 12. The van der Waals surface area contributed by atoms with Gasteiger partial charge in [0.15, 0.2) is 5.60 Å². The van der Waals surface area contributed by atoms with Gasteiger partial charge in [-0.25, -0.2) is 4.79 Å². The van der Waals surface area contributed by atoms with Crippen molar-refractivity contribution >= 4 is 47.2 Å². The quantitative estimate of drug-likeness (QED) is 0.101. The Bertz CT molecular complexity index is 609. The van der Waals surface area contributed by atoms with Gasteiger partial charge in [0.25, 0.3) is 11.4 Å². The van der Waals surface area contributed by atoms with E-state index in [0.29, 0.717) is 0 Å². The third kappa shape index (κ3) is 27.9. The fourth-order valence-electron chi connectivity index (χ4n) is 1.40. The van der Waals surface area contributed by atoms with Gasteiger partial charge in [0.05, 0.1) is 18.8 Å². The zero-order chi connectivity index (χ0) is 24.9. The predicted molar refractivity (Wildman–Crippen MR) is 79.7 cm³/mol. The Balaban J connectivity index is -0.0000000880. The number of aliphatic carboxylic acids is 6. The predicted octanol–water partition coefficient (Wildman–Crippen LogP) is -15.8. The molecule has 0 amide bonds. The van der Waals surface area contributed by atoms with E-state index in [-0.39, 0.29) is 88.7 Å². The maximum Gasteiger partial charge on any atom is 1.00 e. The molecule has 17 nitrogen and oxygen atoms in total. The summed E-state index contributed by atoms with van der Waals surface area (Å²) in [6.07, 6.45) is -5.00. The molecule has 0 aromatic rings. The molecule has 0 aromatic heterocycles. The van der Waals surface area contributed by atoms with Crippen molar-refractivity contribution in [2.24, 2.45) is 0 Å². The largest absolute Gasteiger partial charge is 1.00 e. The van der Waals surface area contributed by atoms with Crippen molar-refractivity contribution in [3.05, 3.63) is 0 Å². The van der Waals surface area contributed by atoms with Crippen LogP contribution in [0.2, 0.25) is 0 Å². The second-order valence-electron chi connectivity index (χ2n) is 5.13. The van der Waals surface area contributed by atoms with Crippen molar-refractivity contribution < 1.29 is 172 Å². The fourth-order valence-corrected chi connectivity index (χ4v) is 1.40. The van der Waals surface area contributed by atoms with Crippen LogP contribution in [-0.4, -0.2) is 85.9 Å². The van der Waals surface area contributed by atoms with Crippen LogP contribution < -0.4 is 104 Å². The van der Waals surface area contributed by atoms with Gasteiger partial charge < -0.3 is 55.2 Å². The molecule has 0 aliphatic heterocycles. The van der Waals surface area contributed by atoms with E-state index in [4.69, 9.17) is 38.8 Å². The number of carbonyl (C=O) groups excluding carboxylic acids is 3. The van der Waals surface area contributed by atoms with Gasteiger partial charge in [0.2, 0.25) is 0 Å². The smallest absolute Gasteiger partial charge is 0.550 e. The fraction of sp³-hybridized carbons (Fsp3) is 0.500. The molecular formula is C12H15Na3O17S. The number of carboxylic acids is 6. The molecule has 0 atom stereocenters. The molecule has 0 saturated heterocycles. The minimum Gasteiger partial charge on any atom is -0.550 e. The maximum atomic E-state index is 10.3. The molecule has 0 unspecified atom stereocenters. The van der Waals surface area contributed by atoms with E-state index >= 15 is 0 Å². The number of hydrogen-bond donors (Lipinski definition) is 7. The SMILES string of the molecule is O=C(O)CC(O)(CC(=O)O)C(=O)O.O=C([O-])CC(O)(CC(=O)[O-])C(=O)[O-].O=S(O)O.[Na+].[Na+].[Na+]. The zero-order valence-corrected chi connectivity index (χ0v) is 24.3. The molecule has 0 rings (SSSR count). The second-order valence-corrected chi connectivity index (χ2v) is 5.59. The van der Waals surface area contributed by atoms with Crippen molar-refractivity contribution in [1.29, 1.82) is 0 Å². The molecule has 21 heteroatoms. The van der Waals surface area contributed by atoms with E-state index in [1.165, 1.54) is 0 Å². The van der Waals surface area contributed by atoms with Crippen molar-refractivity contribution in [2.75, 3.05) is 0 Å². The van der Waals surface area contributed by atoms with E-state index < -0.39 is 84.1 Å². The Morgan fingerprint density at radius 3 is 1.00 bits per heavy atom. The molecule has 0 heterocycles. The zero-order valence-electron chi connectivity index (χ0n) is 17.4. The van der Waals surface area contributed by atoms with Gasteiger partial charge in [-0.05, 0) is 0 Å². The summed E-state index contributed by atoms with van der Waals surface area (Å²) >= 11 is -2.61. The van der Waals surface area contributed by atoms with Gasteiger partial charge in [-0.15, -0.1) is 0 Å². The van der Waals surface area contributed by atoms with Crippen LogP contribution in [0.1, 0.15) is 25.7 Å². The van der Waals surface area contributed by atoms with Gasteiger partial charge in [0.1, 0.15) is 5.60 Å². The van der Waals surface area contributed by atoms with Crippen LogP contribution in [-0.2, 0) is 40.1 Å². The summed E-state index contributed by atoms with van der Waals surface area (Å²) in [6.45, 7) is 0. The number of carbonyl (C=O) groups is 6. The van der Waals surface area contributed by atoms with Crippen LogP contribution >= 0.6 is 0 Å². The monoisotopic (exact) mass is 532 g/mol. The van der Waals surface area contributed by atoms with Crippen LogP contribution in [0, 0.1) is 0 Å². The summed E-state index contributed by atoms with van der Waals surface area (Å²) in [5.74, 6) is -11.0. The number of carboxylic acid groups (broad SMARTS) is 6. The van der Waals surface area contributed by atoms with Gasteiger partial charge in [-0.3, -0.25) is 18.7 Å². The number of aliphatic hydroxyl groups is 2. The van der Waals surface area contributed by atoms with E-state index in [2.05, 4.69) is 0 Å². The third-order valence-corrected chi connectivity index (χ3v) is 2.54. The first kappa shape index (κ1) is 46.2. The Hall–Kier alpha value is -0.190. The van der Waals surface area contributed by atoms with E-state index in [1.54, 1.807) is 0 Å². The van der Waals surface area contributed by atoms with Crippen molar-refractivity contribution in [1.82, 2.24) is 0 Å². The summed E-state index contributed by atoms with van der Waals surface area (Å²) in [5.41, 5.74) is -5.71. The van der Waals surface area contributed by atoms with Gasteiger partial charge in [0, 0.05) is 24.8 Å². The van der Waals surface area contributed by atoms with Crippen molar-refractivity contribution in [3.8, 4) is 0 Å². The van der Waals surface area contributed by atoms with Crippen LogP contribution in [0.5, 0.6) is 0 Å². The molecular weight excluding hydrogens is 517 g/mol. The van der Waals surface area contributed by atoms with Crippen molar-refractivity contribution in [3.63, 3.8) is 0 Å². The number of rotatable bonds is 10. The molecule has 0 saturated carbocycles. The van der Waals surface area contributed by atoms with E-state index in [0.717, 1.165) is 0 Å². The first-order chi connectivity index (χ1) is 13.3. The van der Waals surface area contributed by atoms with Gasteiger partial charge in [-0.2, -0.15) is 4.21 Å². The Kier molecular flexibility index (Phi) is 31.2. The van der Waals surface area contributed by atoms with Crippen LogP contribution in [0.4, 0.5) is 0 Å². The molecule has 0 bridgehead atoms. The molecule has 174 valence electrons. The first-order valence-electron chi connectivity index (χ1n) is 6.82. The molecule has 0 aliphatic carbocycles. The third-order valence-electron chi connectivity index (χ3n) is 2.54. The standard InChI is InChI=1S/2C6H8O7.3Na.H2O3S/c2*7-3(8)1-6(13,5(11)12)2-4(9)10;;;;1-4(2)3/h2*13H,1-2H2,(H,7,8)(H,9,10)(H,11,12);;;;(H2,1,2,3)/q;;3*+1;/p-3. The normalized spacial score (nSPS) is 9.61. The Morgan fingerprint density at radius 1 is 0.636 bits per heavy atom. The molecule has 0 aliphatic rings. The maximum absolute atomic E-state index is 10.3. The van der Waals surface area contributed by atoms with Crippen LogP contribution in [0.3, 0.4) is 0 Å². The summed E-state index contributed by atoms with van der Waals surface area (Å²) in [4.78, 5) is 60.5. The minimum atomic E-state index is -2.97. The summed E-state index contributed by atoms with van der Waals surface area (Å²) in [6, 6.07) is 0. The van der Waals surface area contributed by atoms with E-state index in [9.17, 15) is 44.1 Å². The van der Waals surface area contributed by atoms with E-state index in [1.807, 2.05) is 0 Å². The molecule has 0 spiro atoms. The van der Waals surface area contributed by atoms with Crippen molar-refractivity contribution in [2.45, 2.75) is 36.9 Å². The summed E-state index contributed by atoms with van der Waals surface area (Å²) < 4.78 is 22.8. The van der Waals surface area contributed by atoms with Gasteiger partial charge in [-0.1, -0.05) is 0 Å². The minimum absolute atomic E-state index is 0. The molecule has 0 aromatic carbocycles. The average Bonchev–Trinajstić information content (AvgIpc) is 2.43. The van der Waals surface area contributed by atoms with Gasteiger partial charge >= 0.3 is 107 Å². The molecule has 0 radical (unpaired) electrons. The Labute approximate surface area is 253 Å². The first-order valence-corrected chi connectivity index (χ1v) is 7.88. The molecule has 0 fully saturated rings. The van der Waals surface area contributed by atoms with Crippen LogP contribution in [0.15, 0.2) is 0 Å².